The van der Waals surface area contributed by atoms with Crippen LogP contribution in [0.15, 0.2) is 54.8 Å². The van der Waals surface area contributed by atoms with Gasteiger partial charge in [0.05, 0.1) is 0 Å². The summed E-state index contributed by atoms with van der Waals surface area (Å²) in [5.74, 6) is 1.41. The van der Waals surface area contributed by atoms with Gasteiger partial charge in [0.2, 0.25) is 0 Å². The van der Waals surface area contributed by atoms with Crippen LogP contribution in [0.1, 0.15) is 27.1 Å². The Kier molecular flexibility index (Phi) is 6.34. The first-order chi connectivity index (χ1) is 15.3. The summed E-state index contributed by atoms with van der Waals surface area (Å²) >= 11 is 6.26. The first kappa shape index (κ1) is 22.5. The molecule has 1 unspecified atom stereocenters. The summed E-state index contributed by atoms with van der Waals surface area (Å²) in [7, 11) is -2.22. The minimum absolute atomic E-state index is 0.190. The number of aromatic amines is 1. The zero-order chi connectivity index (χ0) is 22.9. The van der Waals surface area contributed by atoms with Crippen molar-refractivity contribution in [2.24, 2.45) is 0 Å². The number of nitrogens with zero attached hydrogens (tertiary/aromatic N) is 1. The fraction of sp³-hybridized carbons (Fsp3) is 0.174. The van der Waals surface area contributed by atoms with Crippen molar-refractivity contribution in [3.63, 3.8) is 0 Å². The Morgan fingerprint density at radius 1 is 1.22 bits per heavy atom. The Hall–Kier alpha value is -2.73. The van der Waals surface area contributed by atoms with Crippen molar-refractivity contribution in [2.45, 2.75) is 20.4 Å². The van der Waals surface area contributed by atoms with Crippen LogP contribution < -0.4 is 15.9 Å². The average molecular weight is 466 g/mol. The van der Waals surface area contributed by atoms with Gasteiger partial charge in [0.15, 0.2) is 0 Å². The number of fused-ring (bicyclic) bond motifs is 1. The van der Waals surface area contributed by atoms with Crippen molar-refractivity contribution >= 4 is 53.3 Å². The summed E-state index contributed by atoms with van der Waals surface area (Å²) in [4.78, 5) is 20.4. The molecule has 2 heterocycles. The summed E-state index contributed by atoms with van der Waals surface area (Å²) in [6.45, 7) is 6.02. The van der Waals surface area contributed by atoms with Crippen LogP contribution >= 0.6 is 19.0 Å². The molecule has 0 radical (unpaired) electrons. The van der Waals surface area contributed by atoms with E-state index in [0.717, 1.165) is 16.6 Å². The zero-order valence-corrected chi connectivity index (χ0v) is 19.6. The SMILES string of the molecule is COP(=O)(c1cc(C)cc(C)c1)c1c(C(=O)NCc2bccnc2)[nH]c2ccc(Cl)cc12. The number of aryl methyl sites for hydroxylation is 2. The number of rotatable bonds is 6. The van der Waals surface area contributed by atoms with Crippen molar-refractivity contribution < 1.29 is 13.9 Å². The molecule has 2 N–H and O–H groups in total. The number of nitrogens with one attached hydrogen (secondary N) is 2. The van der Waals surface area contributed by atoms with E-state index in [1.807, 2.05) is 39.0 Å². The number of halogens is 1. The second kappa shape index (κ2) is 9.03. The van der Waals surface area contributed by atoms with E-state index in [-0.39, 0.29) is 12.2 Å². The average Bonchev–Trinajstić information content (AvgIpc) is 3.16. The van der Waals surface area contributed by atoms with Crippen molar-refractivity contribution in [2.75, 3.05) is 7.11 Å². The molecule has 2 aromatic carbocycles. The van der Waals surface area contributed by atoms with Crippen LogP contribution in [-0.2, 0) is 15.6 Å². The van der Waals surface area contributed by atoms with E-state index in [9.17, 15) is 9.36 Å². The van der Waals surface area contributed by atoms with Gasteiger partial charge in [-0.1, -0.05) is 0 Å². The molecule has 2 aromatic heterocycles. The molecule has 1 amide bonds. The molecule has 4 aromatic rings. The van der Waals surface area contributed by atoms with Crippen LogP contribution in [0.4, 0.5) is 0 Å². The minimum atomic E-state index is -3.63. The van der Waals surface area contributed by atoms with Crippen LogP contribution in [0, 0.1) is 13.8 Å². The number of hydrogen-bond acceptors (Lipinski definition) is 4. The number of amides is 1. The first-order valence-corrected chi connectivity index (χ1v) is 12.1. The van der Waals surface area contributed by atoms with E-state index in [2.05, 4.69) is 15.3 Å². The third kappa shape index (κ3) is 4.29. The molecule has 0 aliphatic rings. The molecular weight excluding hydrogens is 444 g/mol. The molecule has 0 fully saturated rings. The van der Waals surface area contributed by atoms with Gasteiger partial charge in [-0.05, 0) is 0 Å². The van der Waals surface area contributed by atoms with Crippen molar-refractivity contribution in [3.8, 4) is 0 Å². The molecular formula is C23H22BClN3O3P. The second-order valence-corrected chi connectivity index (χ2v) is 10.5. The third-order valence-corrected chi connectivity index (χ3v) is 7.97. The topological polar surface area (TPSA) is 84.1 Å². The van der Waals surface area contributed by atoms with E-state index in [0.29, 0.717) is 26.5 Å². The summed E-state index contributed by atoms with van der Waals surface area (Å²) in [6, 6.07) is 10.8. The molecule has 0 bridgehead atoms. The van der Waals surface area contributed by atoms with E-state index >= 15 is 0 Å². The second-order valence-electron chi connectivity index (χ2n) is 7.66. The van der Waals surface area contributed by atoms with E-state index in [4.69, 9.17) is 16.1 Å². The van der Waals surface area contributed by atoms with Gasteiger partial charge >= 0.3 is 192 Å². The Balaban J connectivity index is 1.87. The van der Waals surface area contributed by atoms with Crippen molar-refractivity contribution in [1.29, 1.82) is 0 Å². The summed E-state index contributed by atoms with van der Waals surface area (Å²) in [5, 5.41) is 4.79. The van der Waals surface area contributed by atoms with Crippen LogP contribution in [0.5, 0.6) is 0 Å². The predicted molar refractivity (Wildman–Crippen MR) is 130 cm³/mol. The van der Waals surface area contributed by atoms with Crippen LogP contribution in [0.25, 0.3) is 10.9 Å². The molecule has 9 heteroatoms. The van der Waals surface area contributed by atoms with E-state index < -0.39 is 13.3 Å². The van der Waals surface area contributed by atoms with Gasteiger partial charge in [-0.15, -0.1) is 0 Å². The molecule has 1 atom stereocenters. The van der Waals surface area contributed by atoms with Gasteiger partial charge in [-0.2, -0.15) is 0 Å². The molecule has 6 nitrogen and oxygen atoms in total. The quantitative estimate of drug-likeness (QED) is 0.422. The number of benzene rings is 2. The molecule has 0 saturated heterocycles. The number of hydrogen-bond donors (Lipinski definition) is 2. The van der Waals surface area contributed by atoms with Crippen molar-refractivity contribution in [3.05, 3.63) is 82.1 Å². The van der Waals surface area contributed by atoms with Gasteiger partial charge in [0.1, 0.15) is 0 Å². The zero-order valence-electron chi connectivity index (χ0n) is 18.0. The standard InChI is InChI=1S/C23H22BClN3O3P/c1-14-8-15(2)10-18(9-14)32(30,31-3)22-19-11-17(25)4-5-20(19)28-21(22)23(29)27-13-16-12-26-7-6-24-16/h4-12,28H,13H2,1-3H3,(H,27,29). The normalized spacial score (nSPS) is 13.0. The monoisotopic (exact) mass is 465 g/mol. The van der Waals surface area contributed by atoms with Crippen LogP contribution in [-0.4, -0.2) is 29.9 Å². The molecule has 0 saturated carbocycles. The number of carbonyl (C=O) groups is 1. The summed E-state index contributed by atoms with van der Waals surface area (Å²) in [6.07, 6.45) is 3.35. The fourth-order valence-electron chi connectivity index (χ4n) is 3.84. The van der Waals surface area contributed by atoms with Crippen LogP contribution in [0.2, 0.25) is 5.02 Å². The molecule has 162 valence electrons. The van der Waals surface area contributed by atoms with Gasteiger partial charge in [-0.3, -0.25) is 0 Å². The van der Waals surface area contributed by atoms with E-state index in [1.165, 1.54) is 7.11 Å². The van der Waals surface area contributed by atoms with E-state index in [1.54, 1.807) is 36.6 Å². The maximum atomic E-state index is 14.4. The Morgan fingerprint density at radius 2 is 1.97 bits per heavy atom. The summed E-state index contributed by atoms with van der Waals surface area (Å²) in [5.41, 5.74) is 3.61. The van der Waals surface area contributed by atoms with Crippen LogP contribution in [0.3, 0.4) is 0 Å². The Labute approximate surface area is 192 Å². The van der Waals surface area contributed by atoms with Gasteiger partial charge in [-0.25, -0.2) is 0 Å². The first-order valence-electron chi connectivity index (χ1n) is 10.1. The fourth-order valence-corrected chi connectivity index (χ4v) is 6.36. The number of carbonyl (C=O) groups excluding carboxylic acids is 1. The molecule has 0 spiro atoms. The van der Waals surface area contributed by atoms with Gasteiger partial charge < -0.3 is 0 Å². The molecule has 0 aliphatic heterocycles. The summed E-state index contributed by atoms with van der Waals surface area (Å²) < 4.78 is 20.1. The third-order valence-electron chi connectivity index (χ3n) is 5.23. The molecule has 32 heavy (non-hydrogen) atoms. The number of H-pyrrole nitrogens is 1. The number of aromatic nitrogens is 2. The Bertz CT molecular complexity index is 1340. The predicted octanol–water partition coefficient (Wildman–Crippen LogP) is 3.98. The molecule has 4 rings (SSSR count). The Morgan fingerprint density at radius 3 is 2.62 bits per heavy atom. The molecule has 0 aliphatic carbocycles. The van der Waals surface area contributed by atoms with Crippen molar-refractivity contribution in [1.82, 2.24) is 15.3 Å². The van der Waals surface area contributed by atoms with Gasteiger partial charge in [0, 0.05) is 0 Å². The van der Waals surface area contributed by atoms with Gasteiger partial charge in [0.25, 0.3) is 0 Å². The maximum absolute atomic E-state index is 14.4.